The predicted molar refractivity (Wildman–Crippen MR) is 30.1 cm³/mol. The van der Waals surface area contributed by atoms with Gasteiger partial charge in [-0.25, -0.2) is 0 Å². The highest BCUT2D eigenvalue weighted by atomic mass is 17.1. The van der Waals surface area contributed by atoms with Crippen LogP contribution < -0.4 is 10.8 Å². The van der Waals surface area contributed by atoms with E-state index in [0.29, 0.717) is 0 Å². The Morgan fingerprint density at radius 3 is 2.17 bits per heavy atom. The molecule has 0 spiro atoms. The molecular formula is C3H10N2O7. The normalized spacial score (nSPS) is 18.8. The molecule has 0 aliphatic heterocycles. The summed E-state index contributed by atoms with van der Waals surface area (Å²) in [6.45, 7) is -1.14. The second-order valence-electron chi connectivity index (χ2n) is 1.77. The van der Waals surface area contributed by atoms with E-state index in [0.717, 1.165) is 0 Å². The molecule has 0 fully saturated rings. The molecule has 0 rings (SSSR count). The maximum atomic E-state index is 9.88. The lowest BCUT2D eigenvalue weighted by atomic mass is 10.4. The Balaban J connectivity index is 3.53. The van der Waals surface area contributed by atoms with Gasteiger partial charge in [-0.3, -0.25) is 0 Å². The highest BCUT2D eigenvalue weighted by Gasteiger charge is 2.14. The third-order valence-corrected chi connectivity index (χ3v) is 0.864. The summed E-state index contributed by atoms with van der Waals surface area (Å²) in [5.41, 5.74) is 0. The molecule has 9 heteroatoms. The third-order valence-electron chi connectivity index (χ3n) is 0.864. The quantitative estimate of drug-likeness (QED) is 0.265. The lowest BCUT2D eigenvalue weighted by molar-refractivity contribution is -1.22. The number of rotatable bonds is 6. The van der Waals surface area contributed by atoms with Crippen LogP contribution in [0.3, 0.4) is 0 Å². The van der Waals surface area contributed by atoms with Gasteiger partial charge in [0, 0.05) is 0 Å². The lowest BCUT2D eigenvalue weighted by Crippen LogP contribution is -3.06. The molecule has 74 valence electrons. The molecule has 0 aromatic carbocycles. The monoisotopic (exact) mass is 186 g/mol. The van der Waals surface area contributed by atoms with E-state index in [4.69, 9.17) is 15.5 Å². The summed E-state index contributed by atoms with van der Waals surface area (Å²) in [7, 11) is 0. The van der Waals surface area contributed by atoms with Gasteiger partial charge in [-0.05, 0) is 0 Å². The average molecular weight is 186 g/mol. The van der Waals surface area contributed by atoms with Crippen LogP contribution in [-0.4, -0.2) is 34.8 Å². The van der Waals surface area contributed by atoms with Gasteiger partial charge < -0.3 is 15.5 Å². The van der Waals surface area contributed by atoms with Crippen LogP contribution in [0.15, 0.2) is 0 Å². The molecule has 0 aliphatic carbocycles. The molecule has 0 saturated heterocycles. The first-order valence-electron chi connectivity index (χ1n) is 2.92. The Hall–Kier alpha value is -0.360. The molecule has 0 amide bonds. The average Bonchev–Trinajstić information content (AvgIpc) is 1.97. The number of aliphatic hydroxyl groups is 1. The standard InChI is InChI=1S/C3H10N2O7/c6-1-3(12-5(9)10)2-11-4(7)8/h3-7,9H,1-2H2. The summed E-state index contributed by atoms with van der Waals surface area (Å²) in [6.07, 6.45) is -1.17. The van der Waals surface area contributed by atoms with Crippen molar-refractivity contribution in [3.8, 4) is 0 Å². The van der Waals surface area contributed by atoms with E-state index in [9.17, 15) is 10.4 Å². The Bertz CT molecular complexity index is 109. The van der Waals surface area contributed by atoms with E-state index < -0.39 is 30.1 Å². The fraction of sp³-hybridized carbons (Fsp3) is 1.00. The molecule has 0 aromatic rings. The van der Waals surface area contributed by atoms with E-state index in [1.807, 2.05) is 0 Å². The van der Waals surface area contributed by atoms with Crippen molar-refractivity contribution in [1.29, 1.82) is 0 Å². The van der Waals surface area contributed by atoms with Crippen molar-refractivity contribution in [3.05, 3.63) is 10.4 Å². The van der Waals surface area contributed by atoms with E-state index in [2.05, 4.69) is 9.68 Å². The zero-order valence-corrected chi connectivity index (χ0v) is 5.97. The van der Waals surface area contributed by atoms with Gasteiger partial charge in [-0.2, -0.15) is 20.1 Å². The fourth-order valence-corrected chi connectivity index (χ4v) is 0.431. The van der Waals surface area contributed by atoms with Gasteiger partial charge >= 0.3 is 0 Å². The van der Waals surface area contributed by atoms with Crippen LogP contribution in [0.5, 0.6) is 0 Å². The first-order valence-corrected chi connectivity index (χ1v) is 2.92. The first kappa shape index (κ1) is 11.6. The van der Waals surface area contributed by atoms with Gasteiger partial charge in [0.25, 0.3) is 0 Å². The molecule has 0 aliphatic rings. The second-order valence-corrected chi connectivity index (χ2v) is 1.77. The smallest absolute Gasteiger partial charge is 0.173 e. The highest BCUT2D eigenvalue weighted by molar-refractivity contribution is 4.47. The maximum Gasteiger partial charge on any atom is 0.173 e. The molecule has 3 unspecified atom stereocenters. The van der Waals surface area contributed by atoms with Crippen LogP contribution in [0.4, 0.5) is 0 Å². The van der Waals surface area contributed by atoms with Crippen LogP contribution in [0, 0.1) is 10.4 Å². The van der Waals surface area contributed by atoms with E-state index in [1.54, 1.807) is 0 Å². The molecule has 12 heavy (non-hydrogen) atoms. The maximum absolute atomic E-state index is 9.88. The van der Waals surface area contributed by atoms with Gasteiger partial charge in [0.1, 0.15) is 6.61 Å². The van der Waals surface area contributed by atoms with Crippen molar-refractivity contribution in [2.45, 2.75) is 6.10 Å². The van der Waals surface area contributed by atoms with Gasteiger partial charge in [-0.15, -0.1) is 0 Å². The Kier molecular flexibility index (Phi) is 6.00. The van der Waals surface area contributed by atoms with Gasteiger partial charge in [0.05, 0.1) is 6.61 Å². The largest absolute Gasteiger partial charge is 0.566 e. The first-order chi connectivity index (χ1) is 5.56. The van der Waals surface area contributed by atoms with Crippen molar-refractivity contribution in [1.82, 2.24) is 0 Å². The Morgan fingerprint density at radius 1 is 1.25 bits per heavy atom. The predicted octanol–water partition coefficient (Wildman–Crippen LogP) is -4.25. The van der Waals surface area contributed by atoms with Gasteiger partial charge in [0.15, 0.2) is 6.10 Å². The molecule has 0 heterocycles. The van der Waals surface area contributed by atoms with Crippen LogP contribution in [0.25, 0.3) is 0 Å². The molecule has 9 nitrogen and oxygen atoms in total. The molecular weight excluding hydrogens is 176 g/mol. The van der Waals surface area contributed by atoms with E-state index in [-0.39, 0.29) is 0 Å². The van der Waals surface area contributed by atoms with Crippen LogP contribution in [0.2, 0.25) is 0 Å². The summed E-state index contributed by atoms with van der Waals surface area (Å²) < 4.78 is 0. The SMILES string of the molecule is [O-][NH+](O)OCC(CO)O[NH+]([O-])O. The number of aliphatic hydroxyl groups excluding tert-OH is 1. The molecule has 5 N–H and O–H groups in total. The van der Waals surface area contributed by atoms with Crippen molar-refractivity contribution in [2.75, 3.05) is 13.2 Å². The zero-order valence-electron chi connectivity index (χ0n) is 5.97. The van der Waals surface area contributed by atoms with Gasteiger partial charge in [0.2, 0.25) is 0 Å². The fourth-order valence-electron chi connectivity index (χ4n) is 0.431. The topological polar surface area (TPSA) is 134 Å². The lowest BCUT2D eigenvalue weighted by Gasteiger charge is -2.18. The Morgan fingerprint density at radius 2 is 1.83 bits per heavy atom. The van der Waals surface area contributed by atoms with Crippen LogP contribution in [0.1, 0.15) is 0 Å². The molecule has 0 aromatic heterocycles. The minimum absolute atomic E-state index is 0.516. The minimum atomic E-state index is -1.59. The summed E-state index contributed by atoms with van der Waals surface area (Å²) in [6, 6.07) is 0. The van der Waals surface area contributed by atoms with E-state index in [1.165, 1.54) is 0 Å². The summed E-state index contributed by atoms with van der Waals surface area (Å²) >= 11 is 0. The second kappa shape index (κ2) is 6.19. The molecule has 0 bridgehead atoms. The third kappa shape index (κ3) is 6.36. The number of nitrogens with one attached hydrogen (secondary N) is 2. The molecule has 3 atom stereocenters. The van der Waals surface area contributed by atoms with Crippen LogP contribution in [-0.2, 0) is 9.68 Å². The summed E-state index contributed by atoms with van der Waals surface area (Å²) in [5.74, 6) is 0. The summed E-state index contributed by atoms with van der Waals surface area (Å²) in [5, 5.41) is 41.0. The minimum Gasteiger partial charge on any atom is -0.566 e. The molecule has 0 saturated carbocycles. The van der Waals surface area contributed by atoms with Crippen molar-refractivity contribution in [2.24, 2.45) is 0 Å². The number of quaternary nitrogens is 2. The number of hydrogen-bond donors (Lipinski definition) is 5. The number of hydrogen-bond acceptors (Lipinski definition) is 7. The van der Waals surface area contributed by atoms with Crippen LogP contribution >= 0.6 is 0 Å². The highest BCUT2D eigenvalue weighted by Crippen LogP contribution is 1.83. The summed E-state index contributed by atoms with van der Waals surface area (Å²) in [4.78, 5) is 7.99. The Labute approximate surface area is 66.9 Å². The van der Waals surface area contributed by atoms with Gasteiger partial charge in [-0.1, -0.05) is 10.8 Å². The van der Waals surface area contributed by atoms with Crippen molar-refractivity contribution < 1.29 is 36.0 Å². The zero-order chi connectivity index (χ0) is 9.56. The van der Waals surface area contributed by atoms with E-state index >= 15 is 0 Å². The molecule has 0 radical (unpaired) electrons. The van der Waals surface area contributed by atoms with Crippen molar-refractivity contribution in [3.63, 3.8) is 0 Å². The van der Waals surface area contributed by atoms with Crippen molar-refractivity contribution >= 4 is 0 Å².